The molecule has 0 amide bonds. The first-order valence-corrected chi connectivity index (χ1v) is 8.62. The third-order valence-corrected chi connectivity index (χ3v) is 6.16. The topological polar surface area (TPSA) is 21.7 Å². The zero-order chi connectivity index (χ0) is 15.3. The SMILES string of the molecule is COc1cc2c(cc1OC)CC1c3c(csc3CCN1C)C2. The highest BCUT2D eigenvalue weighted by Gasteiger charge is 2.32. The van der Waals surface area contributed by atoms with E-state index in [0.717, 1.165) is 30.9 Å². The minimum absolute atomic E-state index is 0.504. The van der Waals surface area contributed by atoms with Crippen molar-refractivity contribution in [3.05, 3.63) is 44.6 Å². The van der Waals surface area contributed by atoms with Crippen LogP contribution < -0.4 is 9.47 Å². The van der Waals surface area contributed by atoms with Crippen LogP contribution in [0.15, 0.2) is 17.5 Å². The monoisotopic (exact) mass is 315 g/mol. The van der Waals surface area contributed by atoms with Gasteiger partial charge in [-0.05, 0) is 66.1 Å². The van der Waals surface area contributed by atoms with Gasteiger partial charge in [-0.2, -0.15) is 0 Å². The minimum Gasteiger partial charge on any atom is -0.493 e. The summed E-state index contributed by atoms with van der Waals surface area (Å²) >= 11 is 1.94. The summed E-state index contributed by atoms with van der Waals surface area (Å²) in [5.74, 6) is 1.67. The molecule has 1 aromatic carbocycles. The molecule has 1 atom stereocenters. The third kappa shape index (κ3) is 2.05. The normalized spacial score (nSPS) is 20.0. The third-order valence-electron chi connectivity index (χ3n) is 5.05. The van der Waals surface area contributed by atoms with Crippen molar-refractivity contribution in [3.8, 4) is 11.5 Å². The van der Waals surface area contributed by atoms with E-state index < -0.39 is 0 Å². The average molecular weight is 315 g/mol. The number of fused-ring (bicyclic) bond motifs is 1. The Kier molecular flexibility index (Phi) is 3.39. The Morgan fingerprint density at radius 2 is 1.82 bits per heavy atom. The number of hydrogen-bond acceptors (Lipinski definition) is 4. The molecule has 0 fully saturated rings. The predicted molar refractivity (Wildman–Crippen MR) is 89.5 cm³/mol. The van der Waals surface area contributed by atoms with Crippen molar-refractivity contribution in [2.24, 2.45) is 0 Å². The number of likely N-dealkylation sites (N-methyl/N-ethyl adjacent to an activating group) is 1. The molecule has 4 rings (SSSR count). The zero-order valence-electron chi connectivity index (χ0n) is 13.3. The van der Waals surface area contributed by atoms with Crippen LogP contribution in [0.4, 0.5) is 0 Å². The summed E-state index contributed by atoms with van der Waals surface area (Å²) in [6.45, 7) is 1.15. The molecule has 3 nitrogen and oxygen atoms in total. The second kappa shape index (κ2) is 5.28. The van der Waals surface area contributed by atoms with Gasteiger partial charge in [0.25, 0.3) is 0 Å². The Balaban J connectivity index is 1.86. The van der Waals surface area contributed by atoms with E-state index in [1.807, 2.05) is 11.3 Å². The minimum atomic E-state index is 0.504. The molecule has 4 heteroatoms. The summed E-state index contributed by atoms with van der Waals surface area (Å²) in [5, 5.41) is 2.36. The number of hydrogen-bond donors (Lipinski definition) is 0. The van der Waals surface area contributed by atoms with Crippen molar-refractivity contribution in [3.63, 3.8) is 0 Å². The quantitative estimate of drug-likeness (QED) is 0.847. The lowest BCUT2D eigenvalue weighted by Gasteiger charge is -2.33. The molecule has 1 unspecified atom stereocenters. The number of nitrogens with zero attached hydrogens (tertiary/aromatic N) is 1. The highest BCUT2D eigenvalue weighted by atomic mass is 32.1. The number of methoxy groups -OCH3 is 2. The Morgan fingerprint density at radius 1 is 1.09 bits per heavy atom. The molecule has 0 bridgehead atoms. The first-order chi connectivity index (χ1) is 10.7. The summed E-state index contributed by atoms with van der Waals surface area (Å²) in [4.78, 5) is 4.09. The molecule has 0 N–H and O–H groups in total. The van der Waals surface area contributed by atoms with Gasteiger partial charge in [0.15, 0.2) is 11.5 Å². The number of rotatable bonds is 2. The lowest BCUT2D eigenvalue weighted by molar-refractivity contribution is 0.231. The highest BCUT2D eigenvalue weighted by molar-refractivity contribution is 7.10. The molecule has 0 radical (unpaired) electrons. The van der Waals surface area contributed by atoms with Crippen LogP contribution in [0.25, 0.3) is 0 Å². The van der Waals surface area contributed by atoms with Crippen LogP contribution in [-0.4, -0.2) is 32.7 Å². The molecule has 1 aliphatic heterocycles. The van der Waals surface area contributed by atoms with Gasteiger partial charge in [0, 0.05) is 17.5 Å². The van der Waals surface area contributed by atoms with Crippen molar-refractivity contribution < 1.29 is 9.47 Å². The molecular formula is C18H21NO2S. The second-order valence-electron chi connectivity index (χ2n) is 6.20. The van der Waals surface area contributed by atoms with Crippen LogP contribution in [0, 0.1) is 0 Å². The summed E-state index contributed by atoms with van der Waals surface area (Å²) in [5.41, 5.74) is 5.86. The lowest BCUT2D eigenvalue weighted by Crippen LogP contribution is -2.32. The van der Waals surface area contributed by atoms with Gasteiger partial charge in [-0.3, -0.25) is 4.90 Å². The molecule has 1 aromatic heterocycles. The van der Waals surface area contributed by atoms with E-state index >= 15 is 0 Å². The zero-order valence-corrected chi connectivity index (χ0v) is 14.1. The highest BCUT2D eigenvalue weighted by Crippen LogP contribution is 2.43. The molecule has 1 aliphatic carbocycles. The van der Waals surface area contributed by atoms with Crippen molar-refractivity contribution in [2.75, 3.05) is 27.8 Å². The van der Waals surface area contributed by atoms with Crippen LogP contribution in [0.2, 0.25) is 0 Å². The first-order valence-electron chi connectivity index (χ1n) is 7.74. The van der Waals surface area contributed by atoms with E-state index in [4.69, 9.17) is 9.47 Å². The first kappa shape index (κ1) is 14.1. The van der Waals surface area contributed by atoms with Gasteiger partial charge in [0.2, 0.25) is 0 Å². The molecule has 2 aliphatic rings. The standard InChI is InChI=1S/C18H21NO2S/c1-19-5-4-17-18-13(10-22-17)6-11-8-15(20-2)16(21-3)9-12(11)7-14(18)19/h8-10,14H,4-7H2,1-3H3. The summed E-state index contributed by atoms with van der Waals surface area (Å²) < 4.78 is 11.0. The van der Waals surface area contributed by atoms with Crippen molar-refractivity contribution in [1.82, 2.24) is 4.90 Å². The Morgan fingerprint density at radius 3 is 2.55 bits per heavy atom. The largest absolute Gasteiger partial charge is 0.493 e. The second-order valence-corrected chi connectivity index (χ2v) is 7.17. The van der Waals surface area contributed by atoms with Gasteiger partial charge in [0.05, 0.1) is 14.2 Å². The van der Waals surface area contributed by atoms with E-state index in [0.29, 0.717) is 6.04 Å². The van der Waals surface area contributed by atoms with Crippen LogP contribution in [0.1, 0.15) is 33.2 Å². The van der Waals surface area contributed by atoms with Gasteiger partial charge in [-0.1, -0.05) is 0 Å². The van der Waals surface area contributed by atoms with Crippen LogP contribution >= 0.6 is 11.3 Å². The Bertz CT molecular complexity index is 722. The maximum atomic E-state index is 5.50. The molecular weight excluding hydrogens is 294 g/mol. The number of thiophene rings is 1. The van der Waals surface area contributed by atoms with Gasteiger partial charge in [-0.15, -0.1) is 11.3 Å². The summed E-state index contributed by atoms with van der Waals surface area (Å²) in [6, 6.07) is 4.84. The average Bonchev–Trinajstić information content (AvgIpc) is 2.85. The maximum absolute atomic E-state index is 5.50. The maximum Gasteiger partial charge on any atom is 0.161 e. The van der Waals surface area contributed by atoms with E-state index in [9.17, 15) is 0 Å². The van der Waals surface area contributed by atoms with Crippen LogP contribution in [0.3, 0.4) is 0 Å². The fourth-order valence-corrected chi connectivity index (χ4v) is 4.92. The summed E-state index contributed by atoms with van der Waals surface area (Å²) in [6.07, 6.45) is 3.25. The van der Waals surface area contributed by atoms with Gasteiger partial charge in [0.1, 0.15) is 0 Å². The Labute approximate surface area is 135 Å². The van der Waals surface area contributed by atoms with Crippen molar-refractivity contribution >= 4 is 11.3 Å². The van der Waals surface area contributed by atoms with E-state index in [-0.39, 0.29) is 0 Å². The molecule has 0 saturated carbocycles. The molecule has 116 valence electrons. The lowest BCUT2D eigenvalue weighted by atomic mass is 9.94. The molecule has 2 aromatic rings. The number of benzene rings is 1. The van der Waals surface area contributed by atoms with Gasteiger partial charge < -0.3 is 9.47 Å². The van der Waals surface area contributed by atoms with Crippen LogP contribution in [-0.2, 0) is 19.3 Å². The summed E-state index contributed by atoms with van der Waals surface area (Å²) in [7, 11) is 5.67. The number of ether oxygens (including phenoxy) is 2. The molecule has 0 saturated heterocycles. The van der Waals surface area contributed by atoms with Gasteiger partial charge in [-0.25, -0.2) is 0 Å². The fourth-order valence-electron chi connectivity index (χ4n) is 3.82. The fraction of sp³-hybridized carbons (Fsp3) is 0.444. The molecule has 0 spiro atoms. The van der Waals surface area contributed by atoms with Crippen molar-refractivity contribution in [1.29, 1.82) is 0 Å². The molecule has 2 heterocycles. The van der Waals surface area contributed by atoms with Crippen LogP contribution in [0.5, 0.6) is 11.5 Å². The van der Waals surface area contributed by atoms with Crippen molar-refractivity contribution in [2.45, 2.75) is 25.3 Å². The van der Waals surface area contributed by atoms with E-state index in [2.05, 4.69) is 29.5 Å². The Hall–Kier alpha value is -1.52. The van der Waals surface area contributed by atoms with E-state index in [1.165, 1.54) is 23.1 Å². The van der Waals surface area contributed by atoms with Gasteiger partial charge >= 0.3 is 0 Å². The van der Waals surface area contributed by atoms with E-state index in [1.54, 1.807) is 24.7 Å². The smallest absolute Gasteiger partial charge is 0.161 e. The molecule has 22 heavy (non-hydrogen) atoms. The predicted octanol–water partition coefficient (Wildman–Crippen LogP) is 3.44.